The van der Waals surface area contributed by atoms with Crippen LogP contribution in [0.15, 0.2) is 5.34 Å². The highest BCUT2D eigenvalue weighted by Gasteiger charge is 2.36. The molecule has 1 saturated carbocycles. The molecule has 0 spiro atoms. The van der Waals surface area contributed by atoms with E-state index in [1.807, 2.05) is 0 Å². The number of nitrogens with zero attached hydrogens (tertiary/aromatic N) is 2. The first-order chi connectivity index (χ1) is 5.75. The van der Waals surface area contributed by atoms with Crippen molar-refractivity contribution in [3.05, 3.63) is 15.0 Å². The van der Waals surface area contributed by atoms with Crippen molar-refractivity contribution in [3.8, 4) is 0 Å². The third kappa shape index (κ3) is 1.90. The molecule has 1 aliphatic rings. The van der Waals surface area contributed by atoms with Crippen molar-refractivity contribution in [1.82, 2.24) is 0 Å². The van der Waals surface area contributed by atoms with Gasteiger partial charge in [-0.3, -0.25) is 10.1 Å². The molecule has 0 N–H and O–H groups in total. The molecule has 6 nitrogen and oxygen atoms in total. The van der Waals surface area contributed by atoms with E-state index < -0.39 is 17.1 Å². The van der Waals surface area contributed by atoms with E-state index in [0.717, 1.165) is 12.8 Å². The maximum atomic E-state index is 10.4. The molecule has 12 heavy (non-hydrogen) atoms. The molecule has 2 atom stereocenters. The number of nitro groups is 1. The van der Waals surface area contributed by atoms with Crippen LogP contribution in [-0.4, -0.2) is 17.1 Å². The summed E-state index contributed by atoms with van der Waals surface area (Å²) in [5.41, 5.74) is 0. The monoisotopic (exact) mass is 174 g/mol. The molecule has 0 aromatic carbocycles. The van der Waals surface area contributed by atoms with Crippen LogP contribution in [-0.2, 0) is 4.84 Å². The number of hydrogen-bond donors (Lipinski definition) is 0. The quantitative estimate of drug-likeness (QED) is 0.366. The summed E-state index contributed by atoms with van der Waals surface area (Å²) in [6.45, 7) is 0. The lowest BCUT2D eigenvalue weighted by atomic mass is 9.93. The second-order valence-corrected chi connectivity index (χ2v) is 2.86. The fraction of sp³-hybridized carbons (Fsp3) is 1.00. The van der Waals surface area contributed by atoms with Gasteiger partial charge in [-0.1, -0.05) is 0 Å². The first-order valence-corrected chi connectivity index (χ1v) is 3.87. The van der Waals surface area contributed by atoms with Gasteiger partial charge in [-0.15, -0.1) is 4.91 Å². The van der Waals surface area contributed by atoms with E-state index in [-0.39, 0.29) is 0 Å². The lowest BCUT2D eigenvalue weighted by Gasteiger charge is -2.21. The lowest BCUT2D eigenvalue weighted by Crippen LogP contribution is -2.37. The van der Waals surface area contributed by atoms with Gasteiger partial charge in [0.2, 0.25) is 0 Å². The topological polar surface area (TPSA) is 81.8 Å². The van der Waals surface area contributed by atoms with Crippen LogP contribution < -0.4 is 0 Å². The molecule has 0 radical (unpaired) electrons. The molecule has 0 saturated heterocycles. The molecule has 1 fully saturated rings. The fourth-order valence-corrected chi connectivity index (χ4v) is 1.50. The summed E-state index contributed by atoms with van der Waals surface area (Å²) < 4.78 is 0. The molecule has 1 aliphatic carbocycles. The second-order valence-electron chi connectivity index (χ2n) is 2.86. The third-order valence-electron chi connectivity index (χ3n) is 2.12. The van der Waals surface area contributed by atoms with Gasteiger partial charge in [0.25, 0.3) is 6.04 Å². The molecule has 6 heteroatoms. The van der Waals surface area contributed by atoms with Gasteiger partial charge in [-0.05, 0) is 19.3 Å². The molecule has 0 amide bonds. The van der Waals surface area contributed by atoms with Gasteiger partial charge >= 0.3 is 0 Å². The Bertz CT molecular complexity index is 184. The molecular formula is C6H10N2O4. The molecule has 0 aromatic heterocycles. The molecule has 0 heterocycles. The Hall–Kier alpha value is -1.20. The van der Waals surface area contributed by atoms with Crippen molar-refractivity contribution in [2.45, 2.75) is 37.8 Å². The normalized spacial score (nSPS) is 29.3. The van der Waals surface area contributed by atoms with Crippen LogP contribution in [0.3, 0.4) is 0 Å². The van der Waals surface area contributed by atoms with Gasteiger partial charge < -0.3 is 4.84 Å². The Kier molecular flexibility index (Phi) is 2.95. The van der Waals surface area contributed by atoms with Crippen molar-refractivity contribution in [2.24, 2.45) is 5.34 Å². The number of hydrogen-bond acceptors (Lipinski definition) is 5. The lowest BCUT2D eigenvalue weighted by molar-refractivity contribution is -0.539. The molecular weight excluding hydrogens is 164 g/mol. The SMILES string of the molecule is O=NOC1CCCCC1[N+](=O)[O-]. The Morgan fingerprint density at radius 2 is 2.08 bits per heavy atom. The van der Waals surface area contributed by atoms with Crippen molar-refractivity contribution >= 4 is 0 Å². The highest BCUT2D eigenvalue weighted by atomic mass is 16.7. The molecule has 0 aliphatic heterocycles. The summed E-state index contributed by atoms with van der Waals surface area (Å²) in [6.07, 6.45) is 2.10. The van der Waals surface area contributed by atoms with Gasteiger partial charge in [0.05, 0.1) is 0 Å². The van der Waals surface area contributed by atoms with Crippen molar-refractivity contribution in [3.63, 3.8) is 0 Å². The van der Waals surface area contributed by atoms with Crippen molar-refractivity contribution in [1.29, 1.82) is 0 Å². The average molecular weight is 174 g/mol. The van der Waals surface area contributed by atoms with Gasteiger partial charge in [-0.2, -0.15) is 0 Å². The molecule has 0 aromatic rings. The molecule has 68 valence electrons. The van der Waals surface area contributed by atoms with E-state index in [9.17, 15) is 15.0 Å². The molecule has 2 unspecified atom stereocenters. The van der Waals surface area contributed by atoms with Crippen LogP contribution in [0.2, 0.25) is 0 Å². The summed E-state index contributed by atoms with van der Waals surface area (Å²) in [4.78, 5) is 24.2. The van der Waals surface area contributed by atoms with Crippen LogP contribution in [0.5, 0.6) is 0 Å². The van der Waals surface area contributed by atoms with E-state index in [0.29, 0.717) is 12.8 Å². The minimum absolute atomic E-state index is 0.394. The van der Waals surface area contributed by atoms with Gasteiger partial charge in [0.1, 0.15) is 0 Å². The minimum Gasteiger partial charge on any atom is -0.353 e. The summed E-state index contributed by atoms with van der Waals surface area (Å²) in [5, 5.41) is 12.7. The fourth-order valence-electron chi connectivity index (χ4n) is 1.50. The maximum Gasteiger partial charge on any atom is 0.252 e. The zero-order valence-corrected chi connectivity index (χ0v) is 6.51. The minimum atomic E-state index is -0.753. The van der Waals surface area contributed by atoms with E-state index >= 15 is 0 Å². The zero-order chi connectivity index (χ0) is 8.97. The highest BCUT2D eigenvalue weighted by molar-refractivity contribution is 4.74. The van der Waals surface area contributed by atoms with E-state index in [2.05, 4.69) is 10.2 Å². The largest absolute Gasteiger partial charge is 0.353 e. The Morgan fingerprint density at radius 1 is 1.42 bits per heavy atom. The smallest absolute Gasteiger partial charge is 0.252 e. The van der Waals surface area contributed by atoms with Crippen LogP contribution in [0.4, 0.5) is 0 Å². The first kappa shape index (κ1) is 8.89. The average Bonchev–Trinajstić information content (AvgIpc) is 2.05. The van der Waals surface area contributed by atoms with Crippen LogP contribution in [0.25, 0.3) is 0 Å². The predicted molar refractivity (Wildman–Crippen MR) is 39.9 cm³/mol. The Balaban J connectivity index is 2.53. The van der Waals surface area contributed by atoms with Gasteiger partial charge in [-0.25, -0.2) is 0 Å². The Morgan fingerprint density at radius 3 is 2.67 bits per heavy atom. The second kappa shape index (κ2) is 3.99. The predicted octanol–water partition coefficient (Wildman–Crippen LogP) is 1.27. The van der Waals surface area contributed by atoms with Crippen LogP contribution >= 0.6 is 0 Å². The third-order valence-corrected chi connectivity index (χ3v) is 2.12. The van der Waals surface area contributed by atoms with E-state index in [4.69, 9.17) is 0 Å². The maximum absolute atomic E-state index is 10.4. The first-order valence-electron chi connectivity index (χ1n) is 3.87. The summed E-state index contributed by atoms with van der Waals surface area (Å²) in [7, 11) is 0. The summed E-state index contributed by atoms with van der Waals surface area (Å²) >= 11 is 0. The molecule has 1 rings (SSSR count). The van der Waals surface area contributed by atoms with Crippen molar-refractivity contribution < 1.29 is 9.76 Å². The van der Waals surface area contributed by atoms with E-state index in [1.165, 1.54) is 0 Å². The van der Waals surface area contributed by atoms with Gasteiger partial charge in [0.15, 0.2) is 11.4 Å². The number of rotatable bonds is 3. The van der Waals surface area contributed by atoms with Crippen LogP contribution in [0.1, 0.15) is 25.7 Å². The zero-order valence-electron chi connectivity index (χ0n) is 6.51. The summed E-state index contributed by atoms with van der Waals surface area (Å²) in [6, 6.07) is -0.753. The summed E-state index contributed by atoms with van der Waals surface area (Å²) in [5.74, 6) is 0. The van der Waals surface area contributed by atoms with Crippen LogP contribution in [0, 0.1) is 15.0 Å². The van der Waals surface area contributed by atoms with Crippen molar-refractivity contribution in [2.75, 3.05) is 0 Å². The van der Waals surface area contributed by atoms with Gasteiger partial charge in [0, 0.05) is 11.3 Å². The molecule has 0 bridgehead atoms. The van der Waals surface area contributed by atoms with E-state index in [1.54, 1.807) is 0 Å². The Labute approximate surface area is 69.0 Å². The standard InChI is InChI=1S/C6H10N2O4/c9-7-12-6-4-2-1-3-5(6)8(10)11/h5-6H,1-4H2. The highest BCUT2D eigenvalue weighted by Crippen LogP contribution is 2.23.